The van der Waals surface area contributed by atoms with Gasteiger partial charge in [0, 0.05) is 18.3 Å². The highest BCUT2D eigenvalue weighted by Crippen LogP contribution is 2.24. The van der Waals surface area contributed by atoms with Crippen molar-refractivity contribution < 1.29 is 12.9 Å². The molecule has 0 bridgehead atoms. The van der Waals surface area contributed by atoms with Gasteiger partial charge in [0.1, 0.15) is 6.26 Å². The van der Waals surface area contributed by atoms with Gasteiger partial charge in [-0.25, -0.2) is 13.1 Å². The van der Waals surface area contributed by atoms with Gasteiger partial charge in [-0.15, -0.1) is 0 Å². The fraction of sp³-hybridized carbons (Fsp3) is 0.357. The first kappa shape index (κ1) is 15.5. The molecule has 0 spiro atoms. The number of nitrogens with one attached hydrogen (secondary N) is 2. The Morgan fingerprint density at radius 3 is 2.43 bits per heavy atom. The second-order valence-corrected chi connectivity index (χ2v) is 6.49. The topological polar surface area (TPSA) is 84.2 Å². The van der Waals surface area contributed by atoms with Gasteiger partial charge in [0.25, 0.3) is 0 Å². The van der Waals surface area contributed by atoms with Crippen LogP contribution < -0.4 is 10.0 Å². The number of aryl methyl sites for hydroxylation is 2. The van der Waals surface area contributed by atoms with E-state index >= 15 is 0 Å². The lowest BCUT2D eigenvalue weighted by molar-refractivity contribution is 0.411. The molecule has 1 aromatic heterocycles. The molecule has 6 nitrogen and oxygen atoms in total. The minimum Gasteiger partial charge on any atom is -0.385 e. The summed E-state index contributed by atoms with van der Waals surface area (Å²) in [5.41, 5.74) is 2.87. The zero-order chi connectivity index (χ0) is 15.5. The van der Waals surface area contributed by atoms with Crippen LogP contribution in [0.2, 0.25) is 0 Å². The lowest BCUT2D eigenvalue weighted by Gasteiger charge is -2.14. The molecule has 1 heterocycles. The summed E-state index contributed by atoms with van der Waals surface area (Å²) in [4.78, 5) is 0.313. The van der Waals surface area contributed by atoms with Crippen LogP contribution in [0.1, 0.15) is 23.7 Å². The summed E-state index contributed by atoms with van der Waals surface area (Å²) in [5.74, 6) is 0. The van der Waals surface area contributed by atoms with Gasteiger partial charge >= 0.3 is 0 Å². The third-order valence-corrected chi connectivity index (χ3v) is 4.75. The van der Waals surface area contributed by atoms with Gasteiger partial charge in [0.15, 0.2) is 0 Å². The number of benzene rings is 1. The summed E-state index contributed by atoms with van der Waals surface area (Å²) >= 11 is 0. The lowest BCUT2D eigenvalue weighted by Crippen LogP contribution is -2.25. The predicted octanol–water partition coefficient (Wildman–Crippen LogP) is 2.20. The Morgan fingerprint density at radius 1 is 1.24 bits per heavy atom. The zero-order valence-electron chi connectivity index (χ0n) is 12.3. The summed E-state index contributed by atoms with van der Waals surface area (Å²) in [5, 5.41) is 6.87. The summed E-state index contributed by atoms with van der Waals surface area (Å²) < 4.78 is 32.1. The first-order valence-corrected chi connectivity index (χ1v) is 8.16. The maximum atomic E-state index is 12.4. The number of rotatable bonds is 6. The van der Waals surface area contributed by atoms with Crippen molar-refractivity contribution in [3.05, 3.63) is 41.3 Å². The highest BCUT2D eigenvalue weighted by molar-refractivity contribution is 7.89. The van der Waals surface area contributed by atoms with E-state index < -0.39 is 10.0 Å². The first-order valence-electron chi connectivity index (χ1n) is 6.68. The fourth-order valence-corrected chi connectivity index (χ4v) is 3.70. The molecular weight excluding hydrogens is 290 g/mol. The van der Waals surface area contributed by atoms with E-state index in [4.69, 9.17) is 0 Å². The highest BCUT2D eigenvalue weighted by Gasteiger charge is 2.20. The van der Waals surface area contributed by atoms with E-state index in [-0.39, 0.29) is 6.54 Å². The number of aromatic nitrogens is 1. The standard InChI is InChI=1S/C14H19N3O3S/c1-4-15-13-7-10(2)14(11(3)8-13)21(18,19)16-9-12-5-6-20-17-12/h5-8,15-16H,4,9H2,1-3H3. The van der Waals surface area contributed by atoms with E-state index in [9.17, 15) is 8.42 Å². The van der Waals surface area contributed by atoms with Crippen LogP contribution in [0.15, 0.2) is 33.9 Å². The summed E-state index contributed by atoms with van der Waals surface area (Å²) in [6.07, 6.45) is 1.41. The van der Waals surface area contributed by atoms with Crippen LogP contribution >= 0.6 is 0 Å². The molecule has 0 saturated heterocycles. The molecule has 0 atom stereocenters. The normalized spacial score (nSPS) is 11.6. The second kappa shape index (κ2) is 6.28. The Morgan fingerprint density at radius 2 is 1.90 bits per heavy atom. The Balaban J connectivity index is 2.27. The monoisotopic (exact) mass is 309 g/mol. The van der Waals surface area contributed by atoms with E-state index in [1.165, 1.54) is 6.26 Å². The van der Waals surface area contributed by atoms with Gasteiger partial charge in [0.2, 0.25) is 10.0 Å². The molecule has 0 aliphatic heterocycles. The van der Waals surface area contributed by atoms with Gasteiger partial charge in [-0.2, -0.15) is 0 Å². The Labute approximate surface area is 124 Å². The van der Waals surface area contributed by atoms with Gasteiger partial charge in [-0.1, -0.05) is 5.16 Å². The van der Waals surface area contributed by atoms with Crippen molar-refractivity contribution in [2.24, 2.45) is 0 Å². The molecule has 2 rings (SSSR count). The maximum Gasteiger partial charge on any atom is 0.241 e. The Bertz CT molecular complexity index is 686. The Kier molecular flexibility index (Phi) is 4.64. The molecule has 0 saturated carbocycles. The minimum absolute atomic E-state index is 0.104. The fourth-order valence-electron chi connectivity index (χ4n) is 2.25. The summed E-state index contributed by atoms with van der Waals surface area (Å²) in [6.45, 7) is 6.47. The molecule has 1 aromatic carbocycles. The first-order chi connectivity index (χ1) is 9.94. The van der Waals surface area contributed by atoms with Crippen LogP contribution in [-0.4, -0.2) is 20.1 Å². The molecule has 2 N–H and O–H groups in total. The van der Waals surface area contributed by atoms with E-state index in [0.717, 1.165) is 12.2 Å². The largest absolute Gasteiger partial charge is 0.385 e. The average Bonchev–Trinajstić information content (AvgIpc) is 2.88. The number of anilines is 1. The highest BCUT2D eigenvalue weighted by atomic mass is 32.2. The number of sulfonamides is 1. The predicted molar refractivity (Wildman–Crippen MR) is 80.6 cm³/mol. The minimum atomic E-state index is -3.59. The molecule has 21 heavy (non-hydrogen) atoms. The van der Waals surface area contributed by atoms with Crippen molar-refractivity contribution in [1.82, 2.24) is 9.88 Å². The Hall–Kier alpha value is -1.86. The molecule has 2 aromatic rings. The van der Waals surface area contributed by atoms with Gasteiger partial charge in [0.05, 0.1) is 17.1 Å². The molecule has 7 heteroatoms. The van der Waals surface area contributed by atoms with Crippen LogP contribution in [0, 0.1) is 13.8 Å². The van der Waals surface area contributed by atoms with E-state index in [2.05, 4.69) is 19.7 Å². The molecule has 0 aliphatic rings. The number of nitrogens with zero attached hydrogens (tertiary/aromatic N) is 1. The quantitative estimate of drug-likeness (QED) is 0.854. The van der Waals surface area contributed by atoms with Gasteiger partial charge in [-0.3, -0.25) is 0 Å². The van der Waals surface area contributed by atoms with E-state index in [0.29, 0.717) is 21.7 Å². The second-order valence-electron chi connectivity index (χ2n) is 4.78. The van der Waals surface area contributed by atoms with Crippen LogP contribution in [0.3, 0.4) is 0 Å². The van der Waals surface area contributed by atoms with E-state index in [1.807, 2.05) is 19.1 Å². The van der Waals surface area contributed by atoms with Crippen molar-refractivity contribution in [3.8, 4) is 0 Å². The van der Waals surface area contributed by atoms with Crippen LogP contribution in [-0.2, 0) is 16.6 Å². The van der Waals surface area contributed by atoms with Crippen molar-refractivity contribution in [2.45, 2.75) is 32.2 Å². The molecule has 114 valence electrons. The van der Waals surface area contributed by atoms with Crippen molar-refractivity contribution in [3.63, 3.8) is 0 Å². The maximum absolute atomic E-state index is 12.4. The molecule has 0 unspecified atom stereocenters. The molecule has 0 fully saturated rings. The van der Waals surface area contributed by atoms with Crippen LogP contribution in [0.25, 0.3) is 0 Å². The number of hydrogen-bond donors (Lipinski definition) is 2. The van der Waals surface area contributed by atoms with E-state index in [1.54, 1.807) is 19.9 Å². The van der Waals surface area contributed by atoms with Gasteiger partial charge in [-0.05, 0) is 44.0 Å². The van der Waals surface area contributed by atoms with Crippen LogP contribution in [0.4, 0.5) is 5.69 Å². The van der Waals surface area contributed by atoms with Crippen molar-refractivity contribution in [1.29, 1.82) is 0 Å². The lowest BCUT2D eigenvalue weighted by atomic mass is 10.1. The molecule has 0 aliphatic carbocycles. The summed E-state index contributed by atoms with van der Waals surface area (Å²) in [6, 6.07) is 5.29. The molecule has 0 amide bonds. The summed E-state index contributed by atoms with van der Waals surface area (Å²) in [7, 11) is -3.59. The van der Waals surface area contributed by atoms with Gasteiger partial charge < -0.3 is 9.84 Å². The third kappa shape index (κ3) is 3.62. The average molecular weight is 309 g/mol. The van der Waals surface area contributed by atoms with Crippen molar-refractivity contribution in [2.75, 3.05) is 11.9 Å². The van der Waals surface area contributed by atoms with Crippen molar-refractivity contribution >= 4 is 15.7 Å². The third-order valence-electron chi connectivity index (χ3n) is 3.04. The zero-order valence-corrected chi connectivity index (χ0v) is 13.1. The smallest absolute Gasteiger partial charge is 0.241 e. The van der Waals surface area contributed by atoms with Crippen LogP contribution in [0.5, 0.6) is 0 Å². The molecular formula is C14H19N3O3S. The molecule has 0 radical (unpaired) electrons. The SMILES string of the molecule is CCNc1cc(C)c(S(=O)(=O)NCc2ccon2)c(C)c1. The number of hydrogen-bond acceptors (Lipinski definition) is 5.